The predicted octanol–water partition coefficient (Wildman–Crippen LogP) is 1.38. The van der Waals surface area contributed by atoms with Crippen molar-refractivity contribution in [3.8, 4) is 5.75 Å². The van der Waals surface area contributed by atoms with Crippen LogP contribution in [0.5, 0.6) is 5.75 Å². The van der Waals surface area contributed by atoms with Crippen molar-refractivity contribution in [1.82, 2.24) is 9.78 Å². The Labute approximate surface area is 114 Å². The van der Waals surface area contributed by atoms with Gasteiger partial charge in [0.1, 0.15) is 11.4 Å². The summed E-state index contributed by atoms with van der Waals surface area (Å²) in [6.45, 7) is 1.76. The number of aromatic hydroxyl groups is 1. The number of amides is 1. The van der Waals surface area contributed by atoms with Gasteiger partial charge in [0, 0.05) is 7.05 Å². The number of carboxylic acid groups (broad SMARTS) is 1. The third-order valence-corrected chi connectivity index (χ3v) is 2.73. The molecular weight excluding hydrogens is 262 g/mol. The highest BCUT2D eigenvalue weighted by Gasteiger charge is 2.14. The van der Waals surface area contributed by atoms with Crippen LogP contribution in [0.2, 0.25) is 0 Å². The molecule has 0 unspecified atom stereocenters. The number of carbonyl (C=O) groups is 2. The highest BCUT2D eigenvalue weighted by Crippen LogP contribution is 2.24. The lowest BCUT2D eigenvalue weighted by Gasteiger charge is -2.08. The molecule has 1 aromatic carbocycles. The Hall–Kier alpha value is -2.83. The number of carboxylic acids is 1. The third-order valence-electron chi connectivity index (χ3n) is 2.73. The number of anilines is 1. The molecule has 0 aliphatic heterocycles. The second-order valence-corrected chi connectivity index (χ2v) is 4.29. The molecule has 7 heteroatoms. The van der Waals surface area contributed by atoms with Crippen molar-refractivity contribution in [2.45, 2.75) is 6.92 Å². The number of nitrogens with zero attached hydrogens (tertiary/aromatic N) is 2. The summed E-state index contributed by atoms with van der Waals surface area (Å²) in [6.07, 6.45) is 0. The van der Waals surface area contributed by atoms with E-state index in [-0.39, 0.29) is 17.0 Å². The number of aromatic carboxylic acids is 1. The zero-order chi connectivity index (χ0) is 14.9. The Kier molecular flexibility index (Phi) is 3.43. The van der Waals surface area contributed by atoms with E-state index in [0.29, 0.717) is 11.4 Å². The Balaban J connectivity index is 2.24. The molecule has 0 fully saturated rings. The lowest BCUT2D eigenvalue weighted by molar-refractivity contribution is 0.0696. The summed E-state index contributed by atoms with van der Waals surface area (Å²) in [4.78, 5) is 22.8. The molecule has 0 bridgehead atoms. The SMILES string of the molecule is Cc1cc(C(=O)Nc2ccc(C(=O)O)cc2O)n(C)n1. The molecule has 0 aliphatic carbocycles. The zero-order valence-corrected chi connectivity index (χ0v) is 10.9. The fourth-order valence-corrected chi connectivity index (χ4v) is 1.78. The van der Waals surface area contributed by atoms with E-state index < -0.39 is 11.9 Å². The lowest BCUT2D eigenvalue weighted by atomic mass is 10.2. The van der Waals surface area contributed by atoms with Gasteiger partial charge in [-0.3, -0.25) is 9.48 Å². The Morgan fingerprint density at radius 3 is 2.50 bits per heavy atom. The van der Waals surface area contributed by atoms with Gasteiger partial charge in [-0.05, 0) is 31.2 Å². The summed E-state index contributed by atoms with van der Waals surface area (Å²) < 4.78 is 1.42. The van der Waals surface area contributed by atoms with E-state index in [1.165, 1.54) is 16.8 Å². The van der Waals surface area contributed by atoms with Crippen molar-refractivity contribution >= 4 is 17.6 Å². The number of hydrogen-bond donors (Lipinski definition) is 3. The van der Waals surface area contributed by atoms with Crippen LogP contribution in [-0.4, -0.2) is 31.9 Å². The van der Waals surface area contributed by atoms with Gasteiger partial charge in [0.2, 0.25) is 0 Å². The van der Waals surface area contributed by atoms with Crippen LogP contribution in [-0.2, 0) is 7.05 Å². The fraction of sp³-hybridized carbons (Fsp3) is 0.154. The molecule has 2 aromatic rings. The van der Waals surface area contributed by atoms with Crippen molar-refractivity contribution < 1.29 is 19.8 Å². The number of aromatic nitrogens is 2. The minimum absolute atomic E-state index is 0.0584. The highest BCUT2D eigenvalue weighted by atomic mass is 16.4. The normalized spacial score (nSPS) is 10.3. The quantitative estimate of drug-likeness (QED) is 0.734. The Morgan fingerprint density at radius 2 is 2.00 bits per heavy atom. The van der Waals surface area contributed by atoms with Crippen LogP contribution in [0.15, 0.2) is 24.3 Å². The van der Waals surface area contributed by atoms with Crippen molar-refractivity contribution in [2.75, 3.05) is 5.32 Å². The molecule has 1 amide bonds. The Bertz CT molecular complexity index is 691. The van der Waals surface area contributed by atoms with Gasteiger partial charge in [0.15, 0.2) is 0 Å². The van der Waals surface area contributed by atoms with Gasteiger partial charge in [-0.1, -0.05) is 0 Å². The van der Waals surface area contributed by atoms with E-state index in [1.54, 1.807) is 20.0 Å². The van der Waals surface area contributed by atoms with Crippen LogP contribution in [0.25, 0.3) is 0 Å². The average Bonchev–Trinajstić information content (AvgIpc) is 2.70. The number of carbonyl (C=O) groups excluding carboxylic acids is 1. The van der Waals surface area contributed by atoms with Gasteiger partial charge in [-0.2, -0.15) is 5.10 Å². The van der Waals surface area contributed by atoms with Crippen LogP contribution in [0.1, 0.15) is 26.5 Å². The van der Waals surface area contributed by atoms with Crippen molar-refractivity contribution in [2.24, 2.45) is 7.05 Å². The molecule has 7 nitrogen and oxygen atoms in total. The van der Waals surface area contributed by atoms with E-state index in [4.69, 9.17) is 5.11 Å². The van der Waals surface area contributed by atoms with Gasteiger partial charge < -0.3 is 15.5 Å². The molecule has 0 spiro atoms. The molecule has 1 heterocycles. The first-order valence-electron chi connectivity index (χ1n) is 5.77. The minimum Gasteiger partial charge on any atom is -0.506 e. The van der Waals surface area contributed by atoms with Gasteiger partial charge >= 0.3 is 5.97 Å². The van der Waals surface area contributed by atoms with E-state index in [0.717, 1.165) is 6.07 Å². The van der Waals surface area contributed by atoms with Gasteiger partial charge in [-0.15, -0.1) is 0 Å². The van der Waals surface area contributed by atoms with Crippen LogP contribution in [0.4, 0.5) is 5.69 Å². The number of phenols is 1. The molecule has 1 aromatic heterocycles. The van der Waals surface area contributed by atoms with Crippen LogP contribution in [0, 0.1) is 6.92 Å². The molecule has 0 atom stereocenters. The summed E-state index contributed by atoms with van der Waals surface area (Å²) in [5.74, 6) is -1.90. The zero-order valence-electron chi connectivity index (χ0n) is 10.9. The second kappa shape index (κ2) is 5.04. The molecule has 104 valence electrons. The Morgan fingerprint density at radius 1 is 1.30 bits per heavy atom. The summed E-state index contributed by atoms with van der Waals surface area (Å²) >= 11 is 0. The standard InChI is InChI=1S/C13H13N3O4/c1-7-5-10(16(2)15-7)12(18)14-9-4-3-8(13(19)20)6-11(9)17/h3-6,17H,1-2H3,(H,14,18)(H,19,20). The molecule has 2 rings (SSSR count). The van der Waals surface area contributed by atoms with E-state index in [1.807, 2.05) is 0 Å². The van der Waals surface area contributed by atoms with E-state index >= 15 is 0 Å². The van der Waals surface area contributed by atoms with Gasteiger partial charge in [0.05, 0.1) is 16.9 Å². The number of hydrogen-bond acceptors (Lipinski definition) is 4. The molecule has 20 heavy (non-hydrogen) atoms. The van der Waals surface area contributed by atoms with Crippen LogP contribution >= 0.6 is 0 Å². The molecule has 0 aliphatic rings. The molecule has 0 saturated heterocycles. The third kappa shape index (κ3) is 2.61. The summed E-state index contributed by atoms with van der Waals surface area (Å²) in [5, 5.41) is 25.1. The van der Waals surface area contributed by atoms with E-state index in [2.05, 4.69) is 10.4 Å². The number of benzene rings is 1. The summed E-state index contributed by atoms with van der Waals surface area (Å²) in [7, 11) is 1.63. The lowest BCUT2D eigenvalue weighted by Crippen LogP contribution is -2.16. The van der Waals surface area contributed by atoms with Crippen molar-refractivity contribution in [3.05, 3.63) is 41.2 Å². The van der Waals surface area contributed by atoms with Gasteiger partial charge in [0.25, 0.3) is 5.91 Å². The maximum absolute atomic E-state index is 12.0. The molecule has 3 N–H and O–H groups in total. The van der Waals surface area contributed by atoms with Crippen molar-refractivity contribution in [1.29, 1.82) is 0 Å². The maximum atomic E-state index is 12.0. The number of phenolic OH excluding ortho intramolecular Hbond substituents is 1. The number of nitrogens with one attached hydrogen (secondary N) is 1. The second-order valence-electron chi connectivity index (χ2n) is 4.29. The smallest absolute Gasteiger partial charge is 0.335 e. The molecular formula is C13H13N3O4. The van der Waals surface area contributed by atoms with Crippen LogP contribution in [0.3, 0.4) is 0 Å². The summed E-state index contributed by atoms with van der Waals surface area (Å²) in [5.41, 5.74) is 1.11. The first kappa shape index (κ1) is 13.6. The predicted molar refractivity (Wildman–Crippen MR) is 71.0 cm³/mol. The van der Waals surface area contributed by atoms with Gasteiger partial charge in [-0.25, -0.2) is 4.79 Å². The fourth-order valence-electron chi connectivity index (χ4n) is 1.78. The van der Waals surface area contributed by atoms with E-state index in [9.17, 15) is 14.7 Å². The largest absolute Gasteiger partial charge is 0.506 e. The first-order valence-corrected chi connectivity index (χ1v) is 5.77. The topological polar surface area (TPSA) is 104 Å². The van der Waals surface area contributed by atoms with Crippen LogP contribution < -0.4 is 5.32 Å². The average molecular weight is 275 g/mol. The summed E-state index contributed by atoms with van der Waals surface area (Å²) in [6, 6.07) is 5.32. The maximum Gasteiger partial charge on any atom is 0.335 e. The monoisotopic (exact) mass is 275 g/mol. The van der Waals surface area contributed by atoms with Crippen molar-refractivity contribution in [3.63, 3.8) is 0 Å². The number of rotatable bonds is 3. The molecule has 0 radical (unpaired) electrons. The highest BCUT2D eigenvalue weighted by molar-refractivity contribution is 6.04. The molecule has 0 saturated carbocycles. The minimum atomic E-state index is -1.15. The number of aryl methyl sites for hydroxylation is 2. The first-order chi connectivity index (χ1) is 9.38.